The van der Waals surface area contributed by atoms with Gasteiger partial charge < -0.3 is 4.57 Å². The molecule has 0 atom stereocenters. The molecule has 10 aromatic carbocycles. The fourth-order valence-corrected chi connectivity index (χ4v) is 10.9. The summed E-state index contributed by atoms with van der Waals surface area (Å²) in [6.07, 6.45) is 0. The Labute approximate surface area is 397 Å². The fourth-order valence-electron chi connectivity index (χ4n) is 9.74. The molecule has 4 nitrogen and oxygen atoms in total. The Morgan fingerprint density at radius 1 is 0.279 bits per heavy atom. The Kier molecular flexibility index (Phi) is 9.66. The smallest absolute Gasteiger partial charge is 0.164 e. The zero-order valence-electron chi connectivity index (χ0n) is 36.8. The molecule has 0 fully saturated rings. The Morgan fingerprint density at radius 3 is 1.35 bits per heavy atom. The van der Waals surface area contributed by atoms with E-state index in [1.54, 1.807) is 11.3 Å². The Bertz CT molecular complexity index is 3880. The minimum atomic E-state index is 0.654. The van der Waals surface area contributed by atoms with Crippen LogP contribution in [0, 0.1) is 0 Å². The second-order valence-electron chi connectivity index (χ2n) is 17.2. The van der Waals surface area contributed by atoms with Crippen LogP contribution < -0.4 is 0 Å². The first-order valence-corrected chi connectivity index (χ1v) is 23.7. The molecule has 0 radical (unpaired) electrons. The predicted molar refractivity (Wildman–Crippen MR) is 285 cm³/mol. The first-order chi connectivity index (χ1) is 33.7. The molecular weight excluding hydrogens is 845 g/mol. The van der Waals surface area contributed by atoms with Crippen molar-refractivity contribution in [3.8, 4) is 84.4 Å². The van der Waals surface area contributed by atoms with Gasteiger partial charge in [-0.1, -0.05) is 176 Å². The van der Waals surface area contributed by atoms with Crippen molar-refractivity contribution in [1.82, 2.24) is 19.5 Å². The third-order valence-corrected chi connectivity index (χ3v) is 14.2. The highest BCUT2D eigenvalue weighted by Crippen LogP contribution is 2.43. The molecule has 0 aliphatic rings. The van der Waals surface area contributed by atoms with Crippen LogP contribution in [0.15, 0.2) is 243 Å². The highest BCUT2D eigenvalue weighted by molar-refractivity contribution is 7.26. The van der Waals surface area contributed by atoms with Crippen molar-refractivity contribution in [3.63, 3.8) is 0 Å². The number of hydrogen-bond acceptors (Lipinski definition) is 4. The van der Waals surface area contributed by atoms with E-state index in [0.717, 1.165) is 33.3 Å². The number of para-hydroxylation sites is 1. The van der Waals surface area contributed by atoms with Crippen LogP contribution in [0.2, 0.25) is 0 Å². The van der Waals surface area contributed by atoms with Gasteiger partial charge in [0.05, 0.1) is 11.0 Å². The van der Waals surface area contributed by atoms with Crippen LogP contribution in [-0.2, 0) is 0 Å². The van der Waals surface area contributed by atoms with Gasteiger partial charge in [0.1, 0.15) is 0 Å². The van der Waals surface area contributed by atoms with E-state index >= 15 is 0 Å². The van der Waals surface area contributed by atoms with Crippen LogP contribution in [0.4, 0.5) is 0 Å². The average molecular weight is 885 g/mol. The summed E-state index contributed by atoms with van der Waals surface area (Å²) < 4.78 is 4.82. The maximum Gasteiger partial charge on any atom is 0.164 e. The highest BCUT2D eigenvalue weighted by atomic mass is 32.1. The van der Waals surface area contributed by atoms with Crippen molar-refractivity contribution in [2.45, 2.75) is 0 Å². The topological polar surface area (TPSA) is 43.6 Å². The van der Waals surface area contributed by atoms with Crippen LogP contribution in [-0.4, -0.2) is 19.5 Å². The van der Waals surface area contributed by atoms with E-state index in [4.69, 9.17) is 15.0 Å². The SMILES string of the molecule is c1ccc(-c2cc(-c3ccccc3)cc(-c3ccc(-n4c5ccccc5c5cc(-c6ccc7sc8cccc(-c9nc(-c%10ccccc%10)nc(-c%10ccccc%10)n9)c8c7c6)ccc54)cc3)c2)cc1. The minimum absolute atomic E-state index is 0.654. The van der Waals surface area contributed by atoms with Crippen molar-refractivity contribution >= 4 is 53.3 Å². The minimum Gasteiger partial charge on any atom is -0.309 e. The summed E-state index contributed by atoms with van der Waals surface area (Å²) in [7, 11) is 0. The van der Waals surface area contributed by atoms with E-state index in [9.17, 15) is 0 Å². The van der Waals surface area contributed by atoms with Gasteiger partial charge in [-0.3, -0.25) is 0 Å². The molecule has 0 unspecified atom stereocenters. The van der Waals surface area contributed by atoms with Gasteiger partial charge in [-0.15, -0.1) is 11.3 Å². The lowest BCUT2D eigenvalue weighted by molar-refractivity contribution is 1.08. The van der Waals surface area contributed by atoms with E-state index in [1.807, 2.05) is 36.4 Å². The first-order valence-electron chi connectivity index (χ1n) is 22.9. The normalized spacial score (nSPS) is 11.5. The van der Waals surface area contributed by atoms with Crippen molar-refractivity contribution in [2.24, 2.45) is 0 Å². The number of aromatic nitrogens is 4. The summed E-state index contributed by atoms with van der Waals surface area (Å²) >= 11 is 1.80. The molecule has 3 heterocycles. The quantitative estimate of drug-likeness (QED) is 0.153. The molecule has 318 valence electrons. The van der Waals surface area contributed by atoms with Crippen LogP contribution in [0.3, 0.4) is 0 Å². The number of nitrogens with zero attached hydrogens (tertiary/aromatic N) is 4. The Balaban J connectivity index is 0.901. The lowest BCUT2D eigenvalue weighted by Crippen LogP contribution is -2.00. The average Bonchev–Trinajstić information content (AvgIpc) is 3.97. The summed E-state index contributed by atoms with van der Waals surface area (Å²) in [5.74, 6) is 1.97. The third kappa shape index (κ3) is 7.05. The molecule has 5 heteroatoms. The van der Waals surface area contributed by atoms with Gasteiger partial charge in [-0.05, 0) is 111 Å². The molecule has 0 spiro atoms. The van der Waals surface area contributed by atoms with Gasteiger partial charge >= 0.3 is 0 Å². The van der Waals surface area contributed by atoms with Crippen LogP contribution in [0.25, 0.3) is 126 Å². The molecule has 13 aromatic rings. The lowest BCUT2D eigenvalue weighted by atomic mass is 9.93. The van der Waals surface area contributed by atoms with Gasteiger partial charge in [0.15, 0.2) is 17.5 Å². The molecule has 0 amide bonds. The number of rotatable bonds is 8. The van der Waals surface area contributed by atoms with Gasteiger partial charge in [0, 0.05) is 53.3 Å². The molecule has 13 rings (SSSR count). The summed E-state index contributed by atoms with van der Waals surface area (Å²) in [4.78, 5) is 15.2. The lowest BCUT2D eigenvalue weighted by Gasteiger charge is -2.13. The van der Waals surface area contributed by atoms with E-state index in [-0.39, 0.29) is 0 Å². The van der Waals surface area contributed by atoms with E-state index < -0.39 is 0 Å². The van der Waals surface area contributed by atoms with Crippen molar-refractivity contribution in [3.05, 3.63) is 243 Å². The predicted octanol–water partition coefficient (Wildman–Crippen LogP) is 17.0. The molecular formula is C63H40N4S. The molecule has 0 aliphatic heterocycles. The van der Waals surface area contributed by atoms with Crippen LogP contribution in [0.5, 0.6) is 0 Å². The second-order valence-corrected chi connectivity index (χ2v) is 18.3. The van der Waals surface area contributed by atoms with Crippen molar-refractivity contribution in [1.29, 1.82) is 0 Å². The molecule has 0 saturated carbocycles. The summed E-state index contributed by atoms with van der Waals surface area (Å²) in [6, 6.07) is 86.7. The largest absolute Gasteiger partial charge is 0.309 e. The maximum atomic E-state index is 5.14. The molecule has 68 heavy (non-hydrogen) atoms. The maximum absolute atomic E-state index is 5.14. The summed E-state index contributed by atoms with van der Waals surface area (Å²) in [6.45, 7) is 0. The van der Waals surface area contributed by atoms with Crippen molar-refractivity contribution in [2.75, 3.05) is 0 Å². The number of hydrogen-bond donors (Lipinski definition) is 0. The summed E-state index contributed by atoms with van der Waals surface area (Å²) in [5, 5.41) is 4.78. The standard InChI is InChI=1S/C63H40N4S/c1-5-16-41(17-6-1)48-36-49(42-18-7-2-8-19-42)38-50(37-48)43-28-32-51(33-29-43)67-56-26-14-13-24-52(56)54-39-46(30-34-57(54)67)47-31-35-58-55(40-47)60-53(25-15-27-59(60)68-58)63-65-61(44-20-9-3-10-21-44)64-62(66-63)45-22-11-4-12-23-45/h1-40H. The molecule has 0 aliphatic carbocycles. The van der Waals surface area contributed by atoms with Gasteiger partial charge in [0.25, 0.3) is 0 Å². The van der Waals surface area contributed by atoms with E-state index in [0.29, 0.717) is 17.5 Å². The molecule has 3 aromatic heterocycles. The van der Waals surface area contributed by atoms with Gasteiger partial charge in [-0.2, -0.15) is 0 Å². The van der Waals surface area contributed by atoms with E-state index in [2.05, 4.69) is 211 Å². The van der Waals surface area contributed by atoms with Crippen LogP contribution in [0.1, 0.15) is 0 Å². The fraction of sp³-hybridized carbons (Fsp3) is 0. The van der Waals surface area contributed by atoms with Gasteiger partial charge in [0.2, 0.25) is 0 Å². The monoisotopic (exact) mass is 884 g/mol. The van der Waals surface area contributed by atoms with Crippen LogP contribution >= 0.6 is 11.3 Å². The molecule has 0 N–H and O–H groups in total. The second kappa shape index (κ2) is 16.6. The molecule has 0 saturated heterocycles. The number of fused-ring (bicyclic) bond motifs is 6. The zero-order chi connectivity index (χ0) is 45.0. The van der Waals surface area contributed by atoms with Crippen molar-refractivity contribution < 1.29 is 0 Å². The highest BCUT2D eigenvalue weighted by Gasteiger charge is 2.19. The molecule has 0 bridgehead atoms. The zero-order valence-corrected chi connectivity index (χ0v) is 37.6. The Hall–Kier alpha value is -8.77. The first kappa shape index (κ1) is 39.6. The number of benzene rings is 10. The Morgan fingerprint density at radius 2 is 0.750 bits per heavy atom. The van der Waals surface area contributed by atoms with Gasteiger partial charge in [-0.25, -0.2) is 15.0 Å². The van der Waals surface area contributed by atoms with E-state index in [1.165, 1.54) is 75.5 Å². The third-order valence-electron chi connectivity index (χ3n) is 13.0. The number of thiophene rings is 1. The summed E-state index contributed by atoms with van der Waals surface area (Å²) in [5.41, 5.74) is 15.9.